The van der Waals surface area contributed by atoms with E-state index in [2.05, 4.69) is 138 Å². The molecule has 0 amide bonds. The number of hydrogen-bond acceptors (Lipinski definition) is 4. The standard InChI is InChI=1S/C42H25NO2S/c1-2-11-26(12-3-1)27-21-23-28(24-22-27)43(33-16-10-19-37-39(33)30-14-4-7-17-35(30)44-37)34-25-32-29-13-6-9-20-38(29)46-42(32)41-40(34)31-15-5-8-18-36(31)45-41/h1-25H. The molecular formula is C42H25NO2S. The number of benzene rings is 7. The van der Waals surface area contributed by atoms with Gasteiger partial charge >= 0.3 is 0 Å². The summed E-state index contributed by atoms with van der Waals surface area (Å²) in [6.07, 6.45) is 0. The van der Waals surface area contributed by atoms with Crippen LogP contribution in [0.1, 0.15) is 0 Å². The predicted molar refractivity (Wildman–Crippen MR) is 194 cm³/mol. The second kappa shape index (κ2) is 9.83. The minimum absolute atomic E-state index is 0.861. The maximum absolute atomic E-state index is 6.74. The molecule has 0 radical (unpaired) electrons. The van der Waals surface area contributed by atoms with Crippen molar-refractivity contribution < 1.29 is 8.83 Å². The molecule has 216 valence electrons. The molecule has 0 N–H and O–H groups in total. The van der Waals surface area contributed by atoms with E-state index >= 15 is 0 Å². The first-order valence-corrected chi connectivity index (χ1v) is 16.2. The molecule has 10 aromatic rings. The number of hydrogen-bond donors (Lipinski definition) is 0. The van der Waals surface area contributed by atoms with Crippen molar-refractivity contribution in [2.75, 3.05) is 4.90 Å². The molecule has 3 heterocycles. The van der Waals surface area contributed by atoms with Gasteiger partial charge in [0, 0.05) is 31.9 Å². The van der Waals surface area contributed by atoms with Crippen LogP contribution < -0.4 is 4.90 Å². The molecule has 0 atom stereocenters. The van der Waals surface area contributed by atoms with Crippen LogP contribution in [0.4, 0.5) is 17.1 Å². The van der Waals surface area contributed by atoms with E-state index in [9.17, 15) is 0 Å². The van der Waals surface area contributed by atoms with Gasteiger partial charge in [0.05, 0.1) is 26.8 Å². The minimum Gasteiger partial charge on any atom is -0.456 e. The maximum Gasteiger partial charge on any atom is 0.155 e. The fourth-order valence-corrected chi connectivity index (χ4v) is 8.18. The third kappa shape index (κ3) is 3.71. The normalized spacial score (nSPS) is 11.9. The van der Waals surface area contributed by atoms with Crippen LogP contribution in [-0.2, 0) is 0 Å². The molecule has 0 saturated carbocycles. The Hall–Kier alpha value is -5.84. The van der Waals surface area contributed by atoms with E-state index in [0.29, 0.717) is 0 Å². The van der Waals surface area contributed by atoms with Crippen molar-refractivity contribution in [3.63, 3.8) is 0 Å². The van der Waals surface area contributed by atoms with Crippen molar-refractivity contribution in [1.82, 2.24) is 0 Å². The van der Waals surface area contributed by atoms with E-state index in [4.69, 9.17) is 8.83 Å². The quantitative estimate of drug-likeness (QED) is 0.199. The van der Waals surface area contributed by atoms with Crippen molar-refractivity contribution >= 4 is 92.4 Å². The highest BCUT2D eigenvalue weighted by molar-refractivity contribution is 7.26. The molecule has 0 bridgehead atoms. The summed E-state index contributed by atoms with van der Waals surface area (Å²) in [5.74, 6) is 0. The van der Waals surface area contributed by atoms with E-state index in [1.807, 2.05) is 18.2 Å². The maximum atomic E-state index is 6.74. The van der Waals surface area contributed by atoms with Gasteiger partial charge in [-0.25, -0.2) is 0 Å². The molecular weight excluding hydrogens is 583 g/mol. The van der Waals surface area contributed by atoms with Crippen LogP contribution in [-0.4, -0.2) is 0 Å². The molecule has 0 fully saturated rings. The Morgan fingerprint density at radius 2 is 1.07 bits per heavy atom. The Morgan fingerprint density at radius 1 is 0.435 bits per heavy atom. The van der Waals surface area contributed by atoms with Crippen LogP contribution in [0.15, 0.2) is 160 Å². The summed E-state index contributed by atoms with van der Waals surface area (Å²) < 4.78 is 15.6. The molecule has 0 unspecified atom stereocenters. The van der Waals surface area contributed by atoms with E-state index < -0.39 is 0 Å². The Kier molecular flexibility index (Phi) is 5.45. The molecule has 3 nitrogen and oxygen atoms in total. The highest BCUT2D eigenvalue weighted by atomic mass is 32.1. The van der Waals surface area contributed by atoms with Gasteiger partial charge in [0.25, 0.3) is 0 Å². The number of nitrogens with zero attached hydrogens (tertiary/aromatic N) is 1. The zero-order valence-corrected chi connectivity index (χ0v) is 25.4. The molecule has 0 saturated heterocycles. The summed E-state index contributed by atoms with van der Waals surface area (Å²) in [4.78, 5) is 2.40. The third-order valence-electron chi connectivity index (χ3n) is 9.07. The summed E-state index contributed by atoms with van der Waals surface area (Å²) in [5.41, 5.74) is 9.10. The van der Waals surface area contributed by atoms with E-state index in [-0.39, 0.29) is 0 Å². The van der Waals surface area contributed by atoms with Crippen LogP contribution in [0.25, 0.3) is 75.2 Å². The molecule has 3 aromatic heterocycles. The van der Waals surface area contributed by atoms with Gasteiger partial charge in [0.15, 0.2) is 5.58 Å². The van der Waals surface area contributed by atoms with Crippen LogP contribution in [0.5, 0.6) is 0 Å². The van der Waals surface area contributed by atoms with Gasteiger partial charge in [-0.15, -0.1) is 11.3 Å². The van der Waals surface area contributed by atoms with Gasteiger partial charge in [-0.2, -0.15) is 0 Å². The zero-order chi connectivity index (χ0) is 30.2. The molecule has 0 aliphatic heterocycles. The zero-order valence-electron chi connectivity index (χ0n) is 24.6. The van der Waals surface area contributed by atoms with Gasteiger partial charge in [-0.05, 0) is 59.7 Å². The number of anilines is 3. The fourth-order valence-electron chi connectivity index (χ4n) is 7.01. The lowest BCUT2D eigenvalue weighted by molar-refractivity contribution is 0.669. The lowest BCUT2D eigenvalue weighted by Gasteiger charge is -2.27. The van der Waals surface area contributed by atoms with Crippen molar-refractivity contribution in [1.29, 1.82) is 0 Å². The SMILES string of the molecule is c1ccc(-c2ccc(N(c3cccc4oc5ccccc5c34)c3cc4c5ccccc5sc4c4oc5ccccc5c34)cc2)cc1. The second-order valence-corrected chi connectivity index (χ2v) is 12.7. The number of fused-ring (bicyclic) bond motifs is 10. The van der Waals surface area contributed by atoms with Crippen molar-refractivity contribution in [3.05, 3.63) is 152 Å². The Morgan fingerprint density at radius 3 is 1.87 bits per heavy atom. The minimum atomic E-state index is 0.861. The van der Waals surface area contributed by atoms with Gasteiger partial charge in [0.1, 0.15) is 16.7 Å². The molecule has 0 spiro atoms. The molecule has 46 heavy (non-hydrogen) atoms. The van der Waals surface area contributed by atoms with E-state index in [1.165, 1.54) is 31.3 Å². The average molecular weight is 608 g/mol. The molecule has 0 aliphatic carbocycles. The molecule has 4 heteroatoms. The average Bonchev–Trinajstić information content (AvgIpc) is 3.81. The first-order valence-electron chi connectivity index (χ1n) is 15.4. The summed E-state index contributed by atoms with van der Waals surface area (Å²) in [6.45, 7) is 0. The predicted octanol–water partition coefficient (Wildman–Crippen LogP) is 13.0. The summed E-state index contributed by atoms with van der Waals surface area (Å²) >= 11 is 1.80. The lowest BCUT2D eigenvalue weighted by Crippen LogP contribution is -2.11. The van der Waals surface area contributed by atoms with Crippen molar-refractivity contribution in [2.45, 2.75) is 0 Å². The monoisotopic (exact) mass is 607 g/mol. The van der Waals surface area contributed by atoms with Crippen LogP contribution in [0.3, 0.4) is 0 Å². The largest absolute Gasteiger partial charge is 0.456 e. The Labute approximate surface area is 268 Å². The number of para-hydroxylation sites is 2. The van der Waals surface area contributed by atoms with Crippen molar-refractivity contribution in [3.8, 4) is 11.1 Å². The lowest BCUT2D eigenvalue weighted by atomic mass is 10.0. The third-order valence-corrected chi connectivity index (χ3v) is 10.3. The van der Waals surface area contributed by atoms with E-state index in [0.717, 1.165) is 60.9 Å². The first kappa shape index (κ1) is 25.5. The van der Waals surface area contributed by atoms with Gasteiger partial charge in [-0.3, -0.25) is 0 Å². The van der Waals surface area contributed by atoms with Gasteiger partial charge in [-0.1, -0.05) is 103 Å². The van der Waals surface area contributed by atoms with E-state index in [1.54, 1.807) is 11.3 Å². The number of rotatable bonds is 4. The Bertz CT molecular complexity index is 2750. The van der Waals surface area contributed by atoms with Gasteiger partial charge in [0.2, 0.25) is 0 Å². The molecule has 10 rings (SSSR count). The topological polar surface area (TPSA) is 29.5 Å². The van der Waals surface area contributed by atoms with Crippen LogP contribution in [0.2, 0.25) is 0 Å². The first-order chi connectivity index (χ1) is 22.8. The Balaban J connectivity index is 1.35. The van der Waals surface area contributed by atoms with Crippen LogP contribution >= 0.6 is 11.3 Å². The number of furan rings is 2. The van der Waals surface area contributed by atoms with Gasteiger partial charge < -0.3 is 13.7 Å². The van der Waals surface area contributed by atoms with Crippen molar-refractivity contribution in [2.24, 2.45) is 0 Å². The summed E-state index contributed by atoms with van der Waals surface area (Å²) in [5, 5.41) is 6.80. The smallest absolute Gasteiger partial charge is 0.155 e. The second-order valence-electron chi connectivity index (χ2n) is 11.7. The fraction of sp³-hybridized carbons (Fsp3) is 0. The summed E-state index contributed by atoms with van der Waals surface area (Å²) in [6, 6.07) is 53.5. The highest BCUT2D eigenvalue weighted by Gasteiger charge is 2.26. The highest BCUT2D eigenvalue weighted by Crippen LogP contribution is 2.51. The molecule has 0 aliphatic rings. The van der Waals surface area contributed by atoms with Crippen LogP contribution in [0, 0.1) is 0 Å². The number of thiophene rings is 1. The molecule has 7 aromatic carbocycles. The summed E-state index contributed by atoms with van der Waals surface area (Å²) in [7, 11) is 0.